The number of ketones is 2. The lowest BCUT2D eigenvalue weighted by Crippen LogP contribution is -2.58. The molecule has 0 saturated heterocycles. The fourth-order valence-corrected chi connectivity index (χ4v) is 6.00. The fourth-order valence-electron chi connectivity index (χ4n) is 6.00. The third-order valence-electron chi connectivity index (χ3n) is 7.77. The Morgan fingerprint density at radius 2 is 1.85 bits per heavy atom. The number of phenolic OH excluding ortho intramolecular Hbond substituents is 1. The third-order valence-corrected chi connectivity index (χ3v) is 7.77. The van der Waals surface area contributed by atoms with Crippen molar-refractivity contribution in [2.45, 2.75) is 24.9 Å². The Bertz CT molecular complexity index is 1540. The number of aliphatic hydroxyl groups excluding tert-OH is 2. The Balaban J connectivity index is 1.70. The molecule has 0 heterocycles. The molecule has 6 N–H and O–H groups in total. The zero-order valence-electron chi connectivity index (χ0n) is 21.1. The molecule has 202 valence electrons. The standard InChI is InChI=1S/C28H26N2O9/c1-38-20-6-3-12(11-30-39-2)7-16(20)15-4-5-18(31)22-17(15)9-13-8-14-10-19(32)23(27(29)36)26(35)28(14,37)25(34)21(13)24(22)33/h3-7,11,13-14,31,33,35,37H,8-10H2,1-2H3,(H2,29,36)/b30-11+/t13?,14-,28-/m0/s1. The molecule has 5 rings (SSSR count). The van der Waals surface area contributed by atoms with E-state index in [2.05, 4.69) is 5.16 Å². The van der Waals surface area contributed by atoms with Gasteiger partial charge in [0.25, 0.3) is 5.91 Å². The average molecular weight is 535 g/mol. The van der Waals surface area contributed by atoms with E-state index in [4.69, 9.17) is 15.3 Å². The first kappa shape index (κ1) is 26.0. The lowest BCUT2D eigenvalue weighted by Gasteiger charge is -2.46. The van der Waals surface area contributed by atoms with Gasteiger partial charge in [-0.1, -0.05) is 11.2 Å². The Labute approximate surface area is 222 Å². The molecular formula is C28H26N2O9. The number of fused-ring (bicyclic) bond motifs is 3. The van der Waals surface area contributed by atoms with E-state index < -0.39 is 52.0 Å². The number of amides is 1. The molecular weight excluding hydrogens is 508 g/mol. The van der Waals surface area contributed by atoms with Gasteiger partial charge in [0, 0.05) is 23.5 Å². The van der Waals surface area contributed by atoms with Crippen LogP contribution >= 0.6 is 0 Å². The number of benzene rings is 2. The minimum absolute atomic E-state index is 0.00218. The molecule has 1 unspecified atom stereocenters. The number of hydrogen-bond acceptors (Lipinski definition) is 10. The number of oxime groups is 1. The van der Waals surface area contributed by atoms with Crippen molar-refractivity contribution in [3.63, 3.8) is 0 Å². The highest BCUT2D eigenvalue weighted by Gasteiger charge is 2.60. The number of ether oxygens (including phenoxy) is 1. The van der Waals surface area contributed by atoms with Gasteiger partial charge in [-0.25, -0.2) is 0 Å². The molecule has 3 atom stereocenters. The minimum atomic E-state index is -2.61. The topological polar surface area (TPSA) is 189 Å². The summed E-state index contributed by atoms with van der Waals surface area (Å²) < 4.78 is 5.56. The van der Waals surface area contributed by atoms with Crippen LogP contribution in [0.25, 0.3) is 16.9 Å². The molecule has 0 bridgehead atoms. The van der Waals surface area contributed by atoms with Gasteiger partial charge in [0.2, 0.25) is 5.78 Å². The van der Waals surface area contributed by atoms with Crippen molar-refractivity contribution in [1.82, 2.24) is 0 Å². The molecule has 1 amide bonds. The monoisotopic (exact) mass is 534 g/mol. The van der Waals surface area contributed by atoms with Crippen LogP contribution in [0.1, 0.15) is 29.5 Å². The summed E-state index contributed by atoms with van der Waals surface area (Å²) in [7, 11) is 2.92. The zero-order valence-corrected chi connectivity index (χ0v) is 21.1. The summed E-state index contributed by atoms with van der Waals surface area (Å²) in [6, 6.07) is 8.34. The Hall–Kier alpha value is -4.64. The summed E-state index contributed by atoms with van der Waals surface area (Å²) in [5, 5.41) is 48.0. The van der Waals surface area contributed by atoms with E-state index >= 15 is 0 Å². The molecule has 11 heteroatoms. The van der Waals surface area contributed by atoms with Gasteiger partial charge in [-0.15, -0.1) is 0 Å². The van der Waals surface area contributed by atoms with Crippen molar-refractivity contribution in [2.75, 3.05) is 14.2 Å². The van der Waals surface area contributed by atoms with E-state index in [1.54, 1.807) is 24.3 Å². The molecule has 0 aliphatic heterocycles. The quantitative estimate of drug-likeness (QED) is 0.217. The second-order valence-electron chi connectivity index (χ2n) is 9.77. The fraction of sp³-hybridized carbons (Fsp3) is 0.286. The minimum Gasteiger partial charge on any atom is -0.508 e. The van der Waals surface area contributed by atoms with Gasteiger partial charge >= 0.3 is 0 Å². The molecule has 1 saturated carbocycles. The van der Waals surface area contributed by atoms with Gasteiger partial charge in [0.15, 0.2) is 11.4 Å². The van der Waals surface area contributed by atoms with Crippen LogP contribution in [0.15, 0.2) is 52.4 Å². The first-order valence-electron chi connectivity index (χ1n) is 12.1. The largest absolute Gasteiger partial charge is 0.508 e. The number of primary amides is 1. The SMILES string of the molecule is CO/N=C/c1ccc(OC)c(-c2ccc(O)c3c2CC2C[C@H]4CC(=O)C(C(N)=O)=C(O)[C@@]4(O)C(=O)C2=C3O)c1. The molecule has 2 aromatic rings. The normalized spacial score (nSPS) is 24.4. The van der Waals surface area contributed by atoms with Gasteiger partial charge in [-0.3, -0.25) is 14.4 Å². The lowest BCUT2D eigenvalue weighted by molar-refractivity contribution is -0.147. The van der Waals surface area contributed by atoms with Gasteiger partial charge in [-0.2, -0.15) is 0 Å². The summed E-state index contributed by atoms with van der Waals surface area (Å²) in [4.78, 5) is 42.8. The summed E-state index contributed by atoms with van der Waals surface area (Å²) in [5.74, 6) is -6.24. The number of methoxy groups -OCH3 is 1. The first-order chi connectivity index (χ1) is 18.5. The van der Waals surface area contributed by atoms with Crippen LogP contribution in [0.2, 0.25) is 0 Å². The van der Waals surface area contributed by atoms with Gasteiger partial charge < -0.3 is 35.7 Å². The van der Waals surface area contributed by atoms with E-state index in [0.717, 1.165) is 0 Å². The summed E-state index contributed by atoms with van der Waals surface area (Å²) in [5.41, 5.74) is 4.05. The van der Waals surface area contributed by atoms with Crippen molar-refractivity contribution in [3.8, 4) is 22.6 Å². The second kappa shape index (κ2) is 9.28. The Kier molecular flexibility index (Phi) is 6.18. The predicted molar refractivity (Wildman–Crippen MR) is 138 cm³/mol. The third kappa shape index (κ3) is 3.76. The molecule has 0 radical (unpaired) electrons. The smallest absolute Gasteiger partial charge is 0.255 e. The van der Waals surface area contributed by atoms with E-state index in [1.807, 2.05) is 0 Å². The number of carbonyl (C=O) groups is 3. The van der Waals surface area contributed by atoms with Crippen LogP contribution in [0.4, 0.5) is 0 Å². The lowest BCUT2D eigenvalue weighted by atomic mass is 9.59. The molecule has 39 heavy (non-hydrogen) atoms. The average Bonchev–Trinajstić information content (AvgIpc) is 2.89. The Morgan fingerprint density at radius 3 is 2.51 bits per heavy atom. The van der Waals surface area contributed by atoms with E-state index in [0.29, 0.717) is 28.0 Å². The predicted octanol–water partition coefficient (Wildman–Crippen LogP) is 2.08. The van der Waals surface area contributed by atoms with Gasteiger partial charge in [0.1, 0.15) is 35.7 Å². The van der Waals surface area contributed by atoms with Crippen LogP contribution in [-0.2, 0) is 25.6 Å². The van der Waals surface area contributed by atoms with Gasteiger partial charge in [-0.05, 0) is 59.7 Å². The number of Topliss-reactive ketones (excluding diaryl/α,β-unsaturated/α-hetero) is 2. The van der Waals surface area contributed by atoms with Crippen molar-refractivity contribution < 1.29 is 44.4 Å². The summed E-state index contributed by atoms with van der Waals surface area (Å²) in [6.45, 7) is 0. The molecule has 11 nitrogen and oxygen atoms in total. The number of aliphatic hydroxyl groups is 3. The molecule has 0 spiro atoms. The van der Waals surface area contributed by atoms with Crippen LogP contribution in [0.3, 0.4) is 0 Å². The number of rotatable bonds is 5. The van der Waals surface area contributed by atoms with E-state index in [1.165, 1.54) is 26.5 Å². The number of nitrogens with two attached hydrogens (primary N) is 1. The van der Waals surface area contributed by atoms with Gasteiger partial charge in [0.05, 0.1) is 18.9 Å². The highest BCUT2D eigenvalue weighted by atomic mass is 16.6. The van der Waals surface area contributed by atoms with E-state index in [-0.39, 0.29) is 36.1 Å². The molecule has 1 fully saturated rings. The number of nitrogens with zero attached hydrogens (tertiary/aromatic N) is 1. The molecule has 3 aliphatic rings. The second-order valence-corrected chi connectivity index (χ2v) is 9.77. The molecule has 2 aromatic carbocycles. The van der Waals surface area contributed by atoms with Crippen molar-refractivity contribution in [1.29, 1.82) is 0 Å². The summed E-state index contributed by atoms with van der Waals surface area (Å²) in [6.07, 6.45) is 1.32. The number of carbonyl (C=O) groups excluding carboxylic acids is 3. The highest BCUT2D eigenvalue weighted by molar-refractivity contribution is 6.22. The maximum Gasteiger partial charge on any atom is 0.255 e. The highest BCUT2D eigenvalue weighted by Crippen LogP contribution is 2.53. The van der Waals surface area contributed by atoms with Crippen LogP contribution in [0.5, 0.6) is 11.5 Å². The van der Waals surface area contributed by atoms with Crippen molar-refractivity contribution >= 4 is 29.4 Å². The number of hydrogen-bond donors (Lipinski definition) is 5. The maximum absolute atomic E-state index is 13.7. The maximum atomic E-state index is 13.7. The van der Waals surface area contributed by atoms with Crippen LogP contribution < -0.4 is 10.5 Å². The van der Waals surface area contributed by atoms with Crippen LogP contribution in [-0.4, -0.2) is 63.9 Å². The van der Waals surface area contributed by atoms with Crippen molar-refractivity contribution in [2.24, 2.45) is 22.7 Å². The zero-order chi connectivity index (χ0) is 28.2. The number of phenols is 1. The van der Waals surface area contributed by atoms with E-state index in [9.17, 15) is 34.8 Å². The van der Waals surface area contributed by atoms with Crippen LogP contribution in [0, 0.1) is 11.8 Å². The Morgan fingerprint density at radius 1 is 1.10 bits per heavy atom. The molecule has 3 aliphatic carbocycles. The first-order valence-corrected chi connectivity index (χ1v) is 12.1. The summed E-state index contributed by atoms with van der Waals surface area (Å²) >= 11 is 0. The van der Waals surface area contributed by atoms with Crippen molar-refractivity contribution in [3.05, 3.63) is 63.9 Å². The number of aromatic hydroxyl groups is 1. The molecule has 0 aromatic heterocycles.